The molecular weight excluding hydrogens is 329 g/mol. The molecule has 0 unspecified atom stereocenters. The van der Waals surface area contributed by atoms with E-state index in [0.29, 0.717) is 6.42 Å². The average molecular weight is 355 g/mol. The number of rotatable bonds is 7. The number of hydrogen-bond donors (Lipinski definition) is 3. The molecule has 6 nitrogen and oxygen atoms in total. The summed E-state index contributed by atoms with van der Waals surface area (Å²) in [6, 6.07) is 9.42. The van der Waals surface area contributed by atoms with Crippen molar-refractivity contribution in [2.45, 2.75) is 45.3 Å². The van der Waals surface area contributed by atoms with Crippen LogP contribution in [-0.2, 0) is 15.7 Å². The zero-order valence-corrected chi connectivity index (χ0v) is 15.2. The molecule has 1 aromatic rings. The summed E-state index contributed by atoms with van der Waals surface area (Å²) in [5.74, 6) is 0. The highest BCUT2D eigenvalue weighted by molar-refractivity contribution is 7.51. The summed E-state index contributed by atoms with van der Waals surface area (Å²) in [7, 11) is -4.10. The second-order valence-electron chi connectivity index (χ2n) is 6.55. The van der Waals surface area contributed by atoms with E-state index in [1.54, 1.807) is 26.8 Å². The second kappa shape index (κ2) is 9.02. The number of carbonyl (C=O) groups excluding carboxylic acids is 1. The van der Waals surface area contributed by atoms with Gasteiger partial charge in [-0.3, -0.25) is 4.57 Å². The number of carbonyl (C=O) groups is 1. The highest BCUT2D eigenvalue weighted by Crippen LogP contribution is 2.33. The third-order valence-electron chi connectivity index (χ3n) is 3.00. The smallest absolute Gasteiger partial charge is 0.408 e. The second-order valence-corrected chi connectivity index (χ2v) is 8.25. The first-order valence-electron chi connectivity index (χ1n) is 7.80. The van der Waals surface area contributed by atoms with Crippen LogP contribution >= 0.6 is 7.60 Å². The summed E-state index contributed by atoms with van der Waals surface area (Å²) in [6.45, 7) is 5.32. The van der Waals surface area contributed by atoms with Crippen LogP contribution < -0.4 is 5.32 Å². The van der Waals surface area contributed by atoms with Gasteiger partial charge in [0.1, 0.15) is 5.60 Å². The maximum atomic E-state index is 11.9. The summed E-state index contributed by atoms with van der Waals surface area (Å²) in [4.78, 5) is 29.8. The lowest BCUT2D eigenvalue weighted by Gasteiger charge is -2.22. The van der Waals surface area contributed by atoms with Crippen LogP contribution in [0.3, 0.4) is 0 Å². The SMILES string of the molecule is CC(C)(C)OC(=O)N[C@H](C=CCP(=O)(O)O)CCc1ccccc1. The highest BCUT2D eigenvalue weighted by Gasteiger charge is 2.18. The Morgan fingerprint density at radius 1 is 1.29 bits per heavy atom. The molecule has 0 heterocycles. The molecule has 134 valence electrons. The highest BCUT2D eigenvalue weighted by atomic mass is 31.2. The van der Waals surface area contributed by atoms with Crippen LogP contribution in [0.25, 0.3) is 0 Å². The van der Waals surface area contributed by atoms with E-state index in [9.17, 15) is 9.36 Å². The van der Waals surface area contributed by atoms with Crippen LogP contribution in [0.15, 0.2) is 42.5 Å². The molecule has 0 bridgehead atoms. The van der Waals surface area contributed by atoms with Crippen molar-refractivity contribution in [1.29, 1.82) is 0 Å². The predicted molar refractivity (Wildman–Crippen MR) is 94.0 cm³/mol. The normalized spacial score (nSPS) is 13.7. The van der Waals surface area contributed by atoms with Crippen LogP contribution in [0.5, 0.6) is 0 Å². The topological polar surface area (TPSA) is 95.9 Å². The van der Waals surface area contributed by atoms with Gasteiger partial charge in [0.2, 0.25) is 0 Å². The van der Waals surface area contributed by atoms with Gasteiger partial charge < -0.3 is 19.8 Å². The fourth-order valence-corrected chi connectivity index (χ4v) is 2.40. The van der Waals surface area contributed by atoms with Crippen LogP contribution in [0.4, 0.5) is 4.79 Å². The first-order chi connectivity index (χ1) is 11.1. The third-order valence-corrected chi connectivity index (χ3v) is 3.69. The Balaban J connectivity index is 2.67. The van der Waals surface area contributed by atoms with Crippen molar-refractivity contribution in [2.24, 2.45) is 0 Å². The van der Waals surface area contributed by atoms with E-state index in [4.69, 9.17) is 14.5 Å². The van der Waals surface area contributed by atoms with E-state index in [-0.39, 0.29) is 12.2 Å². The molecule has 0 aliphatic heterocycles. The third kappa shape index (κ3) is 10.2. The predicted octanol–water partition coefficient (Wildman–Crippen LogP) is 3.25. The number of amides is 1. The lowest BCUT2D eigenvalue weighted by atomic mass is 10.1. The first-order valence-corrected chi connectivity index (χ1v) is 9.59. The van der Waals surface area contributed by atoms with Crippen molar-refractivity contribution < 1.29 is 23.9 Å². The molecule has 0 aromatic heterocycles. The molecule has 0 saturated heterocycles. The van der Waals surface area contributed by atoms with Gasteiger partial charge in [0.25, 0.3) is 0 Å². The van der Waals surface area contributed by atoms with E-state index in [1.807, 2.05) is 30.3 Å². The Morgan fingerprint density at radius 2 is 1.92 bits per heavy atom. The summed E-state index contributed by atoms with van der Waals surface area (Å²) in [5.41, 5.74) is 0.515. The summed E-state index contributed by atoms with van der Waals surface area (Å²) >= 11 is 0. The van der Waals surface area contributed by atoms with Crippen molar-refractivity contribution in [3.63, 3.8) is 0 Å². The molecule has 0 radical (unpaired) electrons. The molecule has 1 rings (SSSR count). The van der Waals surface area contributed by atoms with Gasteiger partial charge in [-0.25, -0.2) is 4.79 Å². The number of aryl methyl sites for hydroxylation is 1. The van der Waals surface area contributed by atoms with Gasteiger partial charge in [-0.05, 0) is 39.2 Å². The molecule has 0 saturated carbocycles. The molecule has 0 aliphatic rings. The van der Waals surface area contributed by atoms with Crippen LogP contribution in [0.2, 0.25) is 0 Å². The Morgan fingerprint density at radius 3 is 2.46 bits per heavy atom. The minimum Gasteiger partial charge on any atom is -0.444 e. The minimum absolute atomic E-state index is 0.356. The van der Waals surface area contributed by atoms with Crippen LogP contribution in [0, 0.1) is 0 Å². The molecule has 7 heteroatoms. The number of hydrogen-bond acceptors (Lipinski definition) is 3. The largest absolute Gasteiger partial charge is 0.444 e. The van der Waals surface area contributed by atoms with E-state index >= 15 is 0 Å². The monoisotopic (exact) mass is 355 g/mol. The maximum absolute atomic E-state index is 11.9. The molecule has 1 amide bonds. The van der Waals surface area contributed by atoms with Crippen molar-refractivity contribution >= 4 is 13.7 Å². The molecule has 24 heavy (non-hydrogen) atoms. The fraction of sp³-hybridized carbons (Fsp3) is 0.471. The molecule has 1 atom stereocenters. The number of benzene rings is 1. The molecule has 1 aromatic carbocycles. The van der Waals surface area contributed by atoms with Gasteiger partial charge >= 0.3 is 13.7 Å². The van der Waals surface area contributed by atoms with Gasteiger partial charge in [-0.2, -0.15) is 0 Å². The van der Waals surface area contributed by atoms with E-state index in [0.717, 1.165) is 12.0 Å². The Bertz CT molecular complexity index is 589. The minimum atomic E-state index is -4.10. The number of allylic oxidation sites excluding steroid dienone is 1. The Labute approximate surface area is 143 Å². The lowest BCUT2D eigenvalue weighted by molar-refractivity contribution is 0.0512. The first kappa shape index (κ1) is 20.4. The zero-order valence-electron chi connectivity index (χ0n) is 14.3. The van der Waals surface area contributed by atoms with Gasteiger partial charge in [-0.15, -0.1) is 0 Å². The standard InChI is InChI=1S/C17H26NO5P/c1-17(2,3)23-16(19)18-15(10-7-13-24(20,21)22)12-11-14-8-5-4-6-9-14/h4-10,15H,11-13H2,1-3H3,(H,18,19)(H2,20,21,22)/t15-/m1/s1. The number of nitrogens with one attached hydrogen (secondary N) is 1. The Kier molecular flexibility index (Phi) is 7.67. The Hall–Kier alpha value is -1.62. The average Bonchev–Trinajstić information content (AvgIpc) is 2.42. The van der Waals surface area contributed by atoms with Gasteiger partial charge in [0.15, 0.2) is 0 Å². The van der Waals surface area contributed by atoms with Crippen molar-refractivity contribution in [1.82, 2.24) is 5.32 Å². The van der Waals surface area contributed by atoms with Crippen molar-refractivity contribution in [2.75, 3.05) is 6.16 Å². The summed E-state index contributed by atoms with van der Waals surface area (Å²) < 4.78 is 16.2. The number of alkyl carbamates (subject to hydrolysis) is 1. The quantitative estimate of drug-likeness (QED) is 0.515. The molecule has 3 N–H and O–H groups in total. The van der Waals surface area contributed by atoms with E-state index in [1.165, 1.54) is 6.08 Å². The summed E-state index contributed by atoms with van der Waals surface area (Å²) in [6.07, 6.45) is 3.41. The van der Waals surface area contributed by atoms with Crippen LogP contribution in [-0.4, -0.2) is 33.7 Å². The van der Waals surface area contributed by atoms with Gasteiger partial charge in [0.05, 0.1) is 12.2 Å². The van der Waals surface area contributed by atoms with Crippen molar-refractivity contribution in [3.05, 3.63) is 48.0 Å². The molecule has 0 spiro atoms. The van der Waals surface area contributed by atoms with Crippen LogP contribution in [0.1, 0.15) is 32.8 Å². The van der Waals surface area contributed by atoms with E-state index in [2.05, 4.69) is 5.32 Å². The summed E-state index contributed by atoms with van der Waals surface area (Å²) in [5, 5.41) is 2.73. The zero-order chi connectivity index (χ0) is 18.2. The number of ether oxygens (including phenoxy) is 1. The molecule has 0 fully saturated rings. The molecular formula is C17H26NO5P. The van der Waals surface area contributed by atoms with Gasteiger partial charge in [-0.1, -0.05) is 42.5 Å². The lowest BCUT2D eigenvalue weighted by Crippen LogP contribution is -2.38. The van der Waals surface area contributed by atoms with Crippen molar-refractivity contribution in [3.8, 4) is 0 Å². The van der Waals surface area contributed by atoms with E-state index < -0.39 is 19.3 Å². The molecule has 0 aliphatic carbocycles. The maximum Gasteiger partial charge on any atom is 0.408 e. The van der Waals surface area contributed by atoms with Gasteiger partial charge in [0, 0.05) is 0 Å². The fourth-order valence-electron chi connectivity index (χ4n) is 2.00.